The Balaban J connectivity index is 2.68. The van der Waals surface area contributed by atoms with E-state index in [1.165, 1.54) is 0 Å². The summed E-state index contributed by atoms with van der Waals surface area (Å²) in [4.78, 5) is 9.80. The van der Waals surface area contributed by atoms with Gasteiger partial charge in [0.05, 0.1) is 4.90 Å². The Labute approximate surface area is 102 Å². The summed E-state index contributed by atoms with van der Waals surface area (Å²) in [5.74, 6) is -3.44. The molecule has 0 bridgehead atoms. The number of carboxylic acids is 1. The molecule has 1 aromatic carbocycles. The molecular weight excluding hydrogens is 268 g/mol. The van der Waals surface area contributed by atoms with Crippen molar-refractivity contribution in [3.8, 4) is 0 Å². The molecule has 0 saturated heterocycles. The summed E-state index contributed by atoms with van der Waals surface area (Å²) in [7, 11) is -3.95. The van der Waals surface area contributed by atoms with E-state index in [0.717, 1.165) is 6.07 Å². The summed E-state index contributed by atoms with van der Waals surface area (Å²) in [5.41, 5.74) is 0. The normalized spacial score (nSPS) is 11.4. The lowest BCUT2D eigenvalue weighted by Crippen LogP contribution is -2.25. The number of hydrogen-bond acceptors (Lipinski definition) is 3. The van der Waals surface area contributed by atoms with Gasteiger partial charge in [-0.2, -0.15) is 0 Å². The van der Waals surface area contributed by atoms with E-state index < -0.39 is 32.5 Å². The van der Waals surface area contributed by atoms with Gasteiger partial charge in [-0.1, -0.05) is 0 Å². The summed E-state index contributed by atoms with van der Waals surface area (Å²) in [6, 6.07) is 2.20. The predicted octanol–water partition coefficient (Wildman–Crippen LogP) is 1.11. The van der Waals surface area contributed by atoms with E-state index in [2.05, 4.69) is 4.72 Å². The highest BCUT2D eigenvalue weighted by Crippen LogP contribution is 2.13. The largest absolute Gasteiger partial charge is 0.481 e. The van der Waals surface area contributed by atoms with Crippen LogP contribution in [-0.2, 0) is 14.8 Å². The van der Waals surface area contributed by atoms with Gasteiger partial charge in [0.15, 0.2) is 11.6 Å². The Morgan fingerprint density at radius 1 is 1.28 bits per heavy atom. The topological polar surface area (TPSA) is 83.5 Å². The highest BCUT2D eigenvalue weighted by atomic mass is 32.2. The lowest BCUT2D eigenvalue weighted by molar-refractivity contribution is -0.137. The van der Waals surface area contributed by atoms with Gasteiger partial charge in [-0.05, 0) is 24.6 Å². The van der Waals surface area contributed by atoms with Crippen LogP contribution in [0.5, 0.6) is 0 Å². The Morgan fingerprint density at radius 3 is 2.50 bits per heavy atom. The van der Waals surface area contributed by atoms with Gasteiger partial charge in [-0.3, -0.25) is 4.79 Å². The van der Waals surface area contributed by atoms with Crippen LogP contribution in [-0.4, -0.2) is 26.0 Å². The van der Waals surface area contributed by atoms with Crippen molar-refractivity contribution >= 4 is 16.0 Å². The summed E-state index contributed by atoms with van der Waals surface area (Å²) in [6.07, 6.45) is -0.0709. The molecule has 0 aliphatic heterocycles. The monoisotopic (exact) mass is 279 g/mol. The van der Waals surface area contributed by atoms with Gasteiger partial charge >= 0.3 is 5.97 Å². The molecule has 1 aromatic rings. The summed E-state index contributed by atoms with van der Waals surface area (Å²) < 4.78 is 50.8. The maximum atomic E-state index is 12.9. The molecule has 8 heteroatoms. The van der Waals surface area contributed by atoms with E-state index in [1.54, 1.807) is 0 Å². The molecule has 0 spiro atoms. The first-order valence-electron chi connectivity index (χ1n) is 4.99. The van der Waals surface area contributed by atoms with Crippen molar-refractivity contribution in [3.05, 3.63) is 29.8 Å². The average Bonchev–Trinajstić information content (AvgIpc) is 2.28. The van der Waals surface area contributed by atoms with Gasteiger partial charge in [0, 0.05) is 13.0 Å². The summed E-state index contributed by atoms with van der Waals surface area (Å²) >= 11 is 0. The van der Waals surface area contributed by atoms with Gasteiger partial charge in [-0.25, -0.2) is 21.9 Å². The molecule has 0 amide bonds. The number of benzene rings is 1. The molecule has 0 radical (unpaired) electrons. The molecule has 1 rings (SSSR count). The van der Waals surface area contributed by atoms with Crippen molar-refractivity contribution < 1.29 is 27.1 Å². The van der Waals surface area contributed by atoms with Crippen molar-refractivity contribution in [1.29, 1.82) is 0 Å². The van der Waals surface area contributed by atoms with Gasteiger partial charge < -0.3 is 5.11 Å². The summed E-state index contributed by atoms with van der Waals surface area (Å²) in [6.45, 7) is -0.0897. The van der Waals surface area contributed by atoms with Crippen LogP contribution in [0.1, 0.15) is 12.8 Å². The SMILES string of the molecule is O=C(O)CCCNS(=O)(=O)c1ccc(F)c(F)c1. The van der Waals surface area contributed by atoms with E-state index in [1.807, 2.05) is 0 Å². The van der Waals surface area contributed by atoms with Crippen molar-refractivity contribution in [2.45, 2.75) is 17.7 Å². The molecule has 100 valence electrons. The molecule has 0 heterocycles. The maximum absolute atomic E-state index is 12.9. The van der Waals surface area contributed by atoms with Crippen molar-refractivity contribution in [1.82, 2.24) is 4.72 Å². The average molecular weight is 279 g/mol. The number of sulfonamides is 1. The van der Waals surface area contributed by atoms with Gasteiger partial charge in [0.25, 0.3) is 0 Å². The molecule has 0 atom stereocenters. The van der Waals surface area contributed by atoms with Crippen LogP contribution in [0.15, 0.2) is 23.1 Å². The Kier molecular flexibility index (Phi) is 4.74. The second-order valence-corrected chi connectivity index (χ2v) is 5.24. The van der Waals surface area contributed by atoms with Crippen LogP contribution in [0.3, 0.4) is 0 Å². The van der Waals surface area contributed by atoms with E-state index in [-0.39, 0.29) is 19.4 Å². The molecule has 0 fully saturated rings. The fourth-order valence-corrected chi connectivity index (χ4v) is 2.26. The zero-order valence-electron chi connectivity index (χ0n) is 9.19. The minimum atomic E-state index is -3.95. The molecule has 0 aliphatic rings. The number of carbonyl (C=O) groups is 1. The fraction of sp³-hybridized carbons (Fsp3) is 0.300. The van der Waals surface area contributed by atoms with Gasteiger partial charge in [0.1, 0.15) is 0 Å². The first-order valence-corrected chi connectivity index (χ1v) is 6.48. The number of halogens is 2. The zero-order chi connectivity index (χ0) is 13.8. The predicted molar refractivity (Wildman–Crippen MR) is 58.4 cm³/mol. The second kappa shape index (κ2) is 5.87. The third-order valence-corrected chi connectivity index (χ3v) is 3.52. The molecule has 0 saturated carbocycles. The van der Waals surface area contributed by atoms with Gasteiger partial charge in [-0.15, -0.1) is 0 Å². The maximum Gasteiger partial charge on any atom is 0.303 e. The molecule has 5 nitrogen and oxygen atoms in total. The van der Waals surface area contributed by atoms with E-state index in [4.69, 9.17) is 5.11 Å². The number of nitrogens with one attached hydrogen (secondary N) is 1. The minimum Gasteiger partial charge on any atom is -0.481 e. The summed E-state index contributed by atoms with van der Waals surface area (Å²) in [5, 5.41) is 8.36. The third kappa shape index (κ3) is 4.04. The number of hydrogen-bond donors (Lipinski definition) is 2. The van der Waals surface area contributed by atoms with E-state index in [0.29, 0.717) is 12.1 Å². The highest BCUT2D eigenvalue weighted by Gasteiger charge is 2.15. The lowest BCUT2D eigenvalue weighted by Gasteiger charge is -2.06. The second-order valence-electron chi connectivity index (χ2n) is 3.47. The molecule has 18 heavy (non-hydrogen) atoms. The van der Waals surface area contributed by atoms with Crippen LogP contribution < -0.4 is 4.72 Å². The standard InChI is InChI=1S/C10H11F2NO4S/c11-8-4-3-7(6-9(8)12)18(16,17)13-5-1-2-10(14)15/h3-4,6,13H,1-2,5H2,(H,14,15). The Bertz CT molecular complexity index is 545. The Morgan fingerprint density at radius 2 is 1.94 bits per heavy atom. The van der Waals surface area contributed by atoms with Crippen LogP contribution >= 0.6 is 0 Å². The quantitative estimate of drug-likeness (QED) is 0.764. The number of rotatable bonds is 6. The number of aliphatic carboxylic acids is 1. The fourth-order valence-electron chi connectivity index (χ4n) is 1.17. The lowest BCUT2D eigenvalue weighted by atomic mass is 10.3. The van der Waals surface area contributed by atoms with Crippen LogP contribution in [0.25, 0.3) is 0 Å². The Hall–Kier alpha value is -1.54. The van der Waals surface area contributed by atoms with Crippen molar-refractivity contribution in [3.63, 3.8) is 0 Å². The van der Waals surface area contributed by atoms with Gasteiger partial charge in [0.2, 0.25) is 10.0 Å². The third-order valence-electron chi connectivity index (χ3n) is 2.06. The van der Waals surface area contributed by atoms with Crippen molar-refractivity contribution in [2.75, 3.05) is 6.54 Å². The van der Waals surface area contributed by atoms with E-state index >= 15 is 0 Å². The molecular formula is C10H11F2NO4S. The van der Waals surface area contributed by atoms with Crippen LogP contribution in [0, 0.1) is 11.6 Å². The van der Waals surface area contributed by atoms with Crippen LogP contribution in [0.2, 0.25) is 0 Å². The first kappa shape index (κ1) is 14.5. The highest BCUT2D eigenvalue weighted by molar-refractivity contribution is 7.89. The van der Waals surface area contributed by atoms with Crippen LogP contribution in [0.4, 0.5) is 8.78 Å². The van der Waals surface area contributed by atoms with E-state index in [9.17, 15) is 22.0 Å². The zero-order valence-corrected chi connectivity index (χ0v) is 10.0. The molecule has 0 aliphatic carbocycles. The minimum absolute atomic E-state index is 0.0897. The smallest absolute Gasteiger partial charge is 0.303 e. The molecule has 2 N–H and O–H groups in total. The molecule has 0 unspecified atom stereocenters. The first-order chi connectivity index (χ1) is 8.33. The number of carboxylic acid groups (broad SMARTS) is 1. The van der Waals surface area contributed by atoms with Crippen molar-refractivity contribution in [2.24, 2.45) is 0 Å². The molecule has 0 aromatic heterocycles.